The molecule has 36 heteroatoms. The predicted molar refractivity (Wildman–Crippen MR) is 288 cm³/mol. The number of aliphatic hydroxyl groups is 14. The number of aliphatic carboxylic acids is 1. The van der Waals surface area contributed by atoms with Crippen LogP contribution < -0.4 is 16.0 Å². The summed E-state index contributed by atoms with van der Waals surface area (Å²) in [5.74, 6) is -9.63. The van der Waals surface area contributed by atoms with Crippen molar-refractivity contribution in [3.63, 3.8) is 0 Å². The number of carboxylic acids is 1. The first-order valence-corrected chi connectivity index (χ1v) is 29.9. The summed E-state index contributed by atoms with van der Waals surface area (Å²) in [4.78, 5) is 77.3. The second-order valence-corrected chi connectivity index (χ2v) is 23.7. The number of thioether (sulfide) groups is 1. The van der Waals surface area contributed by atoms with E-state index in [2.05, 4.69) is 16.0 Å². The van der Waals surface area contributed by atoms with Gasteiger partial charge >= 0.3 is 5.97 Å². The Bertz CT molecular complexity index is 2290. The van der Waals surface area contributed by atoms with Crippen LogP contribution in [0.2, 0.25) is 0 Å². The fraction of sp³-hybridized carbons (Fsp3) is 0.885. The number of carbonyl (C=O) groups is 6. The number of nitrogens with one attached hydrogen (secondary N) is 3. The highest BCUT2D eigenvalue weighted by atomic mass is 32.2. The zero-order chi connectivity index (χ0) is 65.1. The summed E-state index contributed by atoms with van der Waals surface area (Å²) in [7, 11) is 1.51. The van der Waals surface area contributed by atoms with E-state index in [4.69, 9.17) is 47.4 Å². The molecule has 27 atom stereocenters. The van der Waals surface area contributed by atoms with Crippen molar-refractivity contribution in [2.45, 2.75) is 211 Å². The quantitative estimate of drug-likeness (QED) is 0.0235. The molecule has 5 amide bonds. The predicted octanol–water partition coefficient (Wildman–Crippen LogP) is -9.72. The van der Waals surface area contributed by atoms with Gasteiger partial charge in [-0.15, -0.1) is 11.8 Å². The number of aliphatic hydroxyl groups excluding tert-OH is 14. The average Bonchev–Trinajstić information content (AvgIpc) is 0.996. The van der Waals surface area contributed by atoms with Crippen LogP contribution in [-0.4, -0.2) is 335 Å². The number of rotatable bonds is 30. The second kappa shape index (κ2) is 33.3. The number of hydrogen-bond donors (Lipinski definition) is 18. The number of carboxylic acid groups (broad SMARTS) is 1. The van der Waals surface area contributed by atoms with Gasteiger partial charge in [0.05, 0.1) is 63.2 Å². The summed E-state index contributed by atoms with van der Waals surface area (Å²) in [6.07, 6.45) is -41.8. The number of hydrogen-bond acceptors (Lipinski definition) is 31. The van der Waals surface area contributed by atoms with Crippen LogP contribution in [0.5, 0.6) is 0 Å². The normalized spacial score (nSPS) is 40.5. The van der Waals surface area contributed by atoms with E-state index in [1.165, 1.54) is 20.9 Å². The monoisotopic (exact) mass is 1290 g/mol. The molecule has 88 heavy (non-hydrogen) atoms. The molecule has 10 unspecified atom stereocenters. The van der Waals surface area contributed by atoms with E-state index in [0.29, 0.717) is 12.8 Å². The van der Waals surface area contributed by atoms with Gasteiger partial charge in [-0.1, -0.05) is 13.8 Å². The molecule has 6 heterocycles. The van der Waals surface area contributed by atoms with Crippen LogP contribution in [0.3, 0.4) is 0 Å². The van der Waals surface area contributed by atoms with Crippen molar-refractivity contribution >= 4 is 47.3 Å². The Labute approximate surface area is 508 Å². The van der Waals surface area contributed by atoms with Gasteiger partial charge in [-0.05, 0) is 12.8 Å². The Balaban J connectivity index is 1.19. The third-order valence-corrected chi connectivity index (χ3v) is 17.5. The minimum absolute atomic E-state index is 0.0455. The van der Waals surface area contributed by atoms with Crippen LogP contribution in [-0.2, 0) is 76.1 Å². The molecule has 6 saturated heterocycles. The highest BCUT2D eigenvalue weighted by Gasteiger charge is 2.61. The van der Waals surface area contributed by atoms with Crippen LogP contribution in [0.4, 0.5) is 0 Å². The highest BCUT2D eigenvalue weighted by Crippen LogP contribution is 2.42. The van der Waals surface area contributed by atoms with Crippen molar-refractivity contribution in [3.05, 3.63) is 0 Å². The molecule has 6 rings (SSSR count). The van der Waals surface area contributed by atoms with Gasteiger partial charge in [0.15, 0.2) is 25.2 Å². The molecular formula is C52H86N4O31S. The van der Waals surface area contributed by atoms with E-state index in [0.717, 1.165) is 23.6 Å². The number of ether oxygens (including phenoxy) is 10. The van der Waals surface area contributed by atoms with Gasteiger partial charge in [0.25, 0.3) is 5.79 Å². The molecule has 6 fully saturated rings. The summed E-state index contributed by atoms with van der Waals surface area (Å²) in [6, 6.07) is -1.84. The van der Waals surface area contributed by atoms with E-state index < -0.39 is 221 Å². The molecule has 0 aromatic rings. The molecule has 0 aromatic carbocycles. The fourth-order valence-corrected chi connectivity index (χ4v) is 12.2. The molecule has 0 aliphatic carbocycles. The number of carbonyl (C=O) groups excluding carboxylic acids is 5. The molecular weight excluding hydrogens is 1210 g/mol. The van der Waals surface area contributed by atoms with E-state index in [1.54, 1.807) is 0 Å². The summed E-state index contributed by atoms with van der Waals surface area (Å²) in [5, 5.41) is 171. The Hall–Kier alpha value is -3.59. The standard InChI is InChI=1S/C52H86N4O31S/c1-20-23(63)14-52(51(76)77,86-41(20)35(69)24(64)15-57)87-45-40(74)50(82-28(19-61)42(45)83-47-21(2)34(68)36(70)25(16-58)79-47)84-43-33(55-22(3)62)48(80-26(17-59)37(43)71)85-44-38(72)27(18-60)81-49(39(44)73)78-11-9-54-31(66)8-12-88-29-13-32(67)56(46(29)75)10-6-5-7-30(65)53-4/h20-21,23-29,33-45,47-50,57-61,63-64,68-74H,5-19H2,1-4H3,(H,53,65)(H,54,66)(H,55,62)(H,76,77)/t20-,21-,23-,24+,25?,26?,27?,28?,29?,33-,34?,35+,36-,37+,38-,39-,40-,41?,42-,43?,44?,45?,47-,48-,49+,50-,52+/m0/s1. The molecule has 0 saturated carbocycles. The zero-order valence-corrected chi connectivity index (χ0v) is 49.5. The number of nitrogens with zero attached hydrogens (tertiary/aromatic N) is 1. The van der Waals surface area contributed by atoms with Crippen molar-refractivity contribution in [1.82, 2.24) is 20.9 Å². The van der Waals surface area contributed by atoms with E-state index in [1.807, 2.05) is 0 Å². The van der Waals surface area contributed by atoms with Crippen LogP contribution in [0.1, 0.15) is 59.3 Å². The van der Waals surface area contributed by atoms with Crippen molar-refractivity contribution in [3.8, 4) is 0 Å². The lowest BCUT2D eigenvalue weighted by molar-refractivity contribution is -0.402. The third kappa shape index (κ3) is 17.4. The maximum absolute atomic E-state index is 13.4. The molecule has 506 valence electrons. The van der Waals surface area contributed by atoms with Crippen molar-refractivity contribution in [2.24, 2.45) is 11.8 Å². The first kappa shape index (κ1) is 73.5. The van der Waals surface area contributed by atoms with Crippen LogP contribution in [0, 0.1) is 11.8 Å². The molecule has 0 spiro atoms. The fourth-order valence-electron chi connectivity index (χ4n) is 11.1. The summed E-state index contributed by atoms with van der Waals surface area (Å²) in [6.45, 7) is -1.78. The van der Waals surface area contributed by atoms with Crippen molar-refractivity contribution in [2.75, 3.05) is 65.5 Å². The molecule has 18 N–H and O–H groups in total. The number of likely N-dealkylation sites (tertiary alicyclic amines) is 1. The van der Waals surface area contributed by atoms with Gasteiger partial charge in [-0.3, -0.25) is 28.9 Å². The van der Waals surface area contributed by atoms with Crippen LogP contribution in [0.25, 0.3) is 0 Å². The second-order valence-electron chi connectivity index (χ2n) is 22.4. The Morgan fingerprint density at radius 3 is 1.89 bits per heavy atom. The SMILES string of the molecule is CNC(=O)CCCCN1C(=O)CC(SCCC(=O)NCCO[C@@H]2OC(CO)[C@H](O)C(O[C@@H]3OC(CO)[C@@H](O)C(O[C@@H]4OC(CO)[C@H](O[C@@H]5OC(CO)[C@H](O)C(O)[C@@H]5C)C(O[C@@]5(C(=O)O)C[C@H](O)[C@H](C)C([C@H](O)[C@H](O)CO)O5)[C@@H]4O)[C@@H]3NC(C)=O)[C@@H]2O)C1=O. The van der Waals surface area contributed by atoms with Gasteiger partial charge in [-0.2, -0.15) is 0 Å². The smallest absolute Gasteiger partial charge is 0.364 e. The Morgan fingerprint density at radius 1 is 0.693 bits per heavy atom. The molecule has 0 bridgehead atoms. The highest BCUT2D eigenvalue weighted by molar-refractivity contribution is 8.00. The molecule has 35 nitrogen and oxygen atoms in total. The lowest BCUT2D eigenvalue weighted by Crippen LogP contribution is -2.71. The topological polar surface area (TPSA) is 538 Å². The van der Waals surface area contributed by atoms with Gasteiger partial charge < -0.3 is 140 Å². The lowest BCUT2D eigenvalue weighted by atomic mass is 9.84. The zero-order valence-electron chi connectivity index (χ0n) is 48.7. The maximum Gasteiger partial charge on any atom is 0.364 e. The minimum atomic E-state index is -3.14. The van der Waals surface area contributed by atoms with Gasteiger partial charge in [0.1, 0.15) is 97.6 Å². The number of unbranched alkanes of at least 4 members (excludes halogenated alkanes) is 1. The third-order valence-electron chi connectivity index (χ3n) is 16.3. The van der Waals surface area contributed by atoms with E-state index >= 15 is 0 Å². The lowest BCUT2D eigenvalue weighted by Gasteiger charge is -2.52. The van der Waals surface area contributed by atoms with Gasteiger partial charge in [0.2, 0.25) is 29.5 Å². The molecule has 6 aliphatic rings. The van der Waals surface area contributed by atoms with E-state index in [-0.39, 0.29) is 62.4 Å². The molecule has 0 aromatic heterocycles. The Kier molecular flexibility index (Phi) is 27.8. The maximum atomic E-state index is 13.4. The minimum Gasteiger partial charge on any atom is -0.477 e. The van der Waals surface area contributed by atoms with Crippen molar-refractivity contribution < 1.29 is 153 Å². The summed E-state index contributed by atoms with van der Waals surface area (Å²) in [5.41, 5.74) is 0. The largest absolute Gasteiger partial charge is 0.477 e. The van der Waals surface area contributed by atoms with Crippen LogP contribution in [0.15, 0.2) is 0 Å². The number of amides is 5. The van der Waals surface area contributed by atoms with E-state index in [9.17, 15) is 105 Å². The average molecular weight is 1300 g/mol. The molecule has 6 aliphatic heterocycles. The first-order valence-electron chi connectivity index (χ1n) is 28.9. The summed E-state index contributed by atoms with van der Waals surface area (Å²) >= 11 is 1.13. The van der Waals surface area contributed by atoms with Gasteiger partial charge in [0, 0.05) is 70.3 Å². The summed E-state index contributed by atoms with van der Waals surface area (Å²) < 4.78 is 59.4. The van der Waals surface area contributed by atoms with Crippen molar-refractivity contribution in [1.29, 1.82) is 0 Å². The number of imide groups is 1. The van der Waals surface area contributed by atoms with Gasteiger partial charge in [-0.25, -0.2) is 4.79 Å². The Morgan fingerprint density at radius 2 is 1.27 bits per heavy atom. The molecule has 0 radical (unpaired) electrons. The first-order chi connectivity index (χ1) is 41.7. The van der Waals surface area contributed by atoms with Crippen LogP contribution >= 0.6 is 11.8 Å².